The van der Waals surface area contributed by atoms with E-state index in [0.717, 1.165) is 48.9 Å². The molecule has 4 heterocycles. The Bertz CT molecular complexity index is 976. The zero-order valence-electron chi connectivity index (χ0n) is 14.9. The van der Waals surface area contributed by atoms with Gasteiger partial charge in [-0.25, -0.2) is 4.98 Å². The van der Waals surface area contributed by atoms with Gasteiger partial charge in [-0.2, -0.15) is 5.10 Å². The van der Waals surface area contributed by atoms with Crippen molar-refractivity contribution in [3.05, 3.63) is 52.2 Å². The van der Waals surface area contributed by atoms with Crippen molar-refractivity contribution in [1.82, 2.24) is 29.4 Å². The summed E-state index contributed by atoms with van der Waals surface area (Å²) in [6, 6.07) is 5.88. The number of carbonyl (C=O) groups is 1. The second kappa shape index (κ2) is 6.74. The number of imidazole rings is 1. The van der Waals surface area contributed by atoms with Crippen LogP contribution in [0.25, 0.3) is 5.65 Å². The van der Waals surface area contributed by atoms with Crippen molar-refractivity contribution in [2.75, 3.05) is 6.54 Å². The molecule has 4 rings (SSSR count). The summed E-state index contributed by atoms with van der Waals surface area (Å²) in [5.74, 6) is -0.0423. The third-order valence-electron chi connectivity index (χ3n) is 4.70. The number of hydrogen-bond donors (Lipinski definition) is 1. The van der Waals surface area contributed by atoms with Crippen molar-refractivity contribution in [3.63, 3.8) is 0 Å². The molecule has 1 amide bonds. The molecule has 0 saturated heterocycles. The van der Waals surface area contributed by atoms with E-state index in [4.69, 9.17) is 11.6 Å². The molecule has 0 aliphatic carbocycles. The number of pyridine rings is 1. The molecule has 0 fully saturated rings. The van der Waals surface area contributed by atoms with Crippen LogP contribution in [0.3, 0.4) is 0 Å². The van der Waals surface area contributed by atoms with E-state index in [9.17, 15) is 4.79 Å². The minimum Gasteiger partial charge on any atom is -0.351 e. The molecular formula is C18H21ClN6O. The largest absolute Gasteiger partial charge is 0.351 e. The van der Waals surface area contributed by atoms with Crippen molar-refractivity contribution in [2.45, 2.75) is 40.0 Å². The number of amides is 1. The van der Waals surface area contributed by atoms with Crippen molar-refractivity contribution >= 4 is 23.2 Å². The average molecular weight is 373 g/mol. The highest BCUT2D eigenvalue weighted by Gasteiger charge is 2.21. The summed E-state index contributed by atoms with van der Waals surface area (Å²) in [7, 11) is 0. The van der Waals surface area contributed by atoms with Crippen LogP contribution >= 0.6 is 11.6 Å². The second-order valence-electron chi connectivity index (χ2n) is 6.69. The molecule has 0 unspecified atom stereocenters. The molecule has 1 N–H and O–H groups in total. The summed E-state index contributed by atoms with van der Waals surface area (Å²) in [6.45, 7) is 7.41. The number of nitrogens with one attached hydrogen (secondary N) is 1. The van der Waals surface area contributed by atoms with E-state index in [1.807, 2.05) is 29.9 Å². The van der Waals surface area contributed by atoms with E-state index in [2.05, 4.69) is 30.8 Å². The highest BCUT2D eigenvalue weighted by Crippen LogP contribution is 2.21. The first-order valence-corrected chi connectivity index (χ1v) is 9.03. The molecule has 3 aromatic rings. The van der Waals surface area contributed by atoms with Gasteiger partial charge in [-0.1, -0.05) is 11.6 Å². The molecule has 0 bridgehead atoms. The van der Waals surface area contributed by atoms with E-state index in [-0.39, 0.29) is 5.91 Å². The smallest absolute Gasteiger partial charge is 0.217 e. The molecule has 0 aromatic carbocycles. The first kappa shape index (κ1) is 17.1. The third-order valence-corrected chi connectivity index (χ3v) is 4.92. The topological polar surface area (TPSA) is 67.5 Å². The summed E-state index contributed by atoms with van der Waals surface area (Å²) in [5.41, 5.74) is 5.17. The Labute approximate surface area is 156 Å². The Morgan fingerprint density at radius 2 is 2.19 bits per heavy atom. The minimum atomic E-state index is -0.0423. The molecular weight excluding hydrogens is 352 g/mol. The SMILES string of the molecule is CC(=O)NCc1cc2n(n1)CCN(Cc1c(C)nc3ccc(Cl)cn13)C2. The van der Waals surface area contributed by atoms with Gasteiger partial charge in [0.1, 0.15) is 5.65 Å². The quantitative estimate of drug-likeness (QED) is 0.762. The lowest BCUT2D eigenvalue weighted by atomic mass is 10.2. The van der Waals surface area contributed by atoms with Crippen LogP contribution in [0.4, 0.5) is 0 Å². The highest BCUT2D eigenvalue weighted by molar-refractivity contribution is 6.30. The number of carbonyl (C=O) groups excluding carboxylic acids is 1. The molecule has 0 saturated carbocycles. The summed E-state index contributed by atoms with van der Waals surface area (Å²) in [5, 5.41) is 8.08. The van der Waals surface area contributed by atoms with Crippen LogP contribution in [0.1, 0.15) is 29.7 Å². The monoisotopic (exact) mass is 372 g/mol. The van der Waals surface area contributed by atoms with Crippen molar-refractivity contribution in [3.8, 4) is 0 Å². The van der Waals surface area contributed by atoms with Gasteiger partial charge in [-0.3, -0.25) is 14.4 Å². The van der Waals surface area contributed by atoms with E-state index >= 15 is 0 Å². The first-order valence-electron chi connectivity index (χ1n) is 8.65. The fourth-order valence-corrected chi connectivity index (χ4v) is 3.56. The van der Waals surface area contributed by atoms with Crippen molar-refractivity contribution in [1.29, 1.82) is 0 Å². The zero-order chi connectivity index (χ0) is 18.3. The summed E-state index contributed by atoms with van der Waals surface area (Å²) in [4.78, 5) is 18.1. The summed E-state index contributed by atoms with van der Waals surface area (Å²) >= 11 is 6.16. The van der Waals surface area contributed by atoms with Gasteiger partial charge in [0.2, 0.25) is 5.91 Å². The minimum absolute atomic E-state index is 0.0423. The molecule has 8 heteroatoms. The Balaban J connectivity index is 1.52. The summed E-state index contributed by atoms with van der Waals surface area (Å²) < 4.78 is 4.11. The van der Waals surface area contributed by atoms with Crippen LogP contribution < -0.4 is 5.32 Å². The van der Waals surface area contributed by atoms with Gasteiger partial charge in [0, 0.05) is 32.8 Å². The number of halogens is 1. The Hall–Kier alpha value is -2.38. The lowest BCUT2D eigenvalue weighted by Gasteiger charge is -2.27. The maximum Gasteiger partial charge on any atom is 0.217 e. The number of hydrogen-bond acceptors (Lipinski definition) is 4. The van der Waals surface area contributed by atoms with Gasteiger partial charge in [-0.05, 0) is 25.1 Å². The van der Waals surface area contributed by atoms with Crippen LogP contribution in [-0.4, -0.2) is 36.5 Å². The van der Waals surface area contributed by atoms with Crippen LogP contribution in [0.2, 0.25) is 5.02 Å². The molecule has 3 aromatic heterocycles. The van der Waals surface area contributed by atoms with Gasteiger partial charge in [0.05, 0.1) is 40.9 Å². The third kappa shape index (κ3) is 3.32. The Morgan fingerprint density at radius 1 is 1.35 bits per heavy atom. The molecule has 0 radical (unpaired) electrons. The molecule has 1 aliphatic heterocycles. The molecule has 136 valence electrons. The first-order chi connectivity index (χ1) is 12.5. The van der Waals surface area contributed by atoms with Gasteiger partial charge in [-0.15, -0.1) is 0 Å². The highest BCUT2D eigenvalue weighted by atomic mass is 35.5. The lowest BCUT2D eigenvalue weighted by Crippen LogP contribution is -2.33. The van der Waals surface area contributed by atoms with Gasteiger partial charge >= 0.3 is 0 Å². The second-order valence-corrected chi connectivity index (χ2v) is 7.13. The normalized spacial score (nSPS) is 14.6. The molecule has 0 atom stereocenters. The lowest BCUT2D eigenvalue weighted by molar-refractivity contribution is -0.119. The molecule has 0 spiro atoms. The van der Waals surface area contributed by atoms with E-state index in [1.54, 1.807) is 0 Å². The van der Waals surface area contributed by atoms with Crippen LogP contribution in [0.15, 0.2) is 24.4 Å². The number of aromatic nitrogens is 4. The fraction of sp³-hybridized carbons (Fsp3) is 0.389. The number of aryl methyl sites for hydroxylation is 1. The number of rotatable bonds is 4. The Kier molecular flexibility index (Phi) is 4.42. The van der Waals surface area contributed by atoms with Gasteiger partial charge < -0.3 is 9.72 Å². The number of nitrogens with zero attached hydrogens (tertiary/aromatic N) is 5. The van der Waals surface area contributed by atoms with Gasteiger partial charge in [0.15, 0.2) is 0 Å². The van der Waals surface area contributed by atoms with Crippen LogP contribution in [0.5, 0.6) is 0 Å². The molecule has 26 heavy (non-hydrogen) atoms. The van der Waals surface area contributed by atoms with E-state index in [0.29, 0.717) is 11.6 Å². The summed E-state index contributed by atoms with van der Waals surface area (Å²) in [6.07, 6.45) is 1.92. The molecule has 1 aliphatic rings. The van der Waals surface area contributed by atoms with Crippen LogP contribution in [0, 0.1) is 6.92 Å². The standard InChI is InChI=1S/C18H21ClN6O/c1-12-17(24-9-14(19)3-4-18(24)21-12)11-23-5-6-25-16(10-23)7-15(22-25)8-20-13(2)26/h3-4,7,9H,5-6,8,10-11H2,1-2H3,(H,20,26). The van der Waals surface area contributed by atoms with Gasteiger partial charge in [0.25, 0.3) is 0 Å². The fourth-order valence-electron chi connectivity index (χ4n) is 3.40. The van der Waals surface area contributed by atoms with Crippen molar-refractivity contribution < 1.29 is 4.79 Å². The maximum absolute atomic E-state index is 11.1. The average Bonchev–Trinajstić information content (AvgIpc) is 3.14. The maximum atomic E-state index is 11.1. The number of fused-ring (bicyclic) bond motifs is 2. The van der Waals surface area contributed by atoms with Crippen LogP contribution in [-0.2, 0) is 31.0 Å². The Morgan fingerprint density at radius 3 is 3.00 bits per heavy atom. The van der Waals surface area contributed by atoms with E-state index < -0.39 is 0 Å². The predicted molar refractivity (Wildman–Crippen MR) is 98.8 cm³/mol. The van der Waals surface area contributed by atoms with Crippen molar-refractivity contribution in [2.24, 2.45) is 0 Å². The molecule has 7 nitrogen and oxygen atoms in total. The van der Waals surface area contributed by atoms with E-state index in [1.165, 1.54) is 12.6 Å². The predicted octanol–water partition coefficient (Wildman–Crippen LogP) is 2.14. The zero-order valence-corrected chi connectivity index (χ0v) is 15.6.